The maximum atomic E-state index is 13.0. The van der Waals surface area contributed by atoms with Crippen LogP contribution in [0.3, 0.4) is 0 Å². The molecule has 0 radical (unpaired) electrons. The maximum absolute atomic E-state index is 13.0. The zero-order chi connectivity index (χ0) is 22.7. The first kappa shape index (κ1) is 22.5. The third-order valence-corrected chi connectivity index (χ3v) is 5.99. The van der Waals surface area contributed by atoms with E-state index in [2.05, 4.69) is 26.0 Å². The normalized spacial score (nSPS) is 11.4. The van der Waals surface area contributed by atoms with Crippen LogP contribution in [0.15, 0.2) is 75.0 Å². The summed E-state index contributed by atoms with van der Waals surface area (Å²) in [6.45, 7) is 2.29. The molecule has 162 valence electrons. The van der Waals surface area contributed by atoms with Crippen LogP contribution in [0.4, 0.5) is 0 Å². The minimum absolute atomic E-state index is 0.212. The molecule has 3 aromatic carbocycles. The number of halogens is 3. The summed E-state index contributed by atoms with van der Waals surface area (Å²) < 4.78 is 8.03. The number of rotatable bonds is 6. The van der Waals surface area contributed by atoms with E-state index < -0.39 is 0 Å². The quantitative estimate of drug-likeness (QED) is 0.268. The second-order valence-corrected chi connectivity index (χ2v) is 8.74. The molecule has 0 aliphatic heterocycles. The smallest absolute Gasteiger partial charge is 0.282 e. The van der Waals surface area contributed by atoms with Gasteiger partial charge in [-0.15, -0.1) is 0 Å². The van der Waals surface area contributed by atoms with Crippen molar-refractivity contribution in [1.82, 2.24) is 9.66 Å². The third kappa shape index (κ3) is 5.04. The van der Waals surface area contributed by atoms with Gasteiger partial charge >= 0.3 is 0 Å². The molecule has 1 aromatic heterocycles. The fraction of sp³-hybridized carbons (Fsp3) is 0.125. The van der Waals surface area contributed by atoms with Crippen molar-refractivity contribution in [3.63, 3.8) is 0 Å². The van der Waals surface area contributed by atoms with E-state index in [1.54, 1.807) is 24.4 Å². The van der Waals surface area contributed by atoms with Crippen LogP contribution < -0.4 is 10.3 Å². The number of ether oxygens (including phenoxy) is 1. The molecule has 0 fully saturated rings. The van der Waals surface area contributed by atoms with Crippen molar-refractivity contribution in [3.05, 3.63) is 102 Å². The van der Waals surface area contributed by atoms with E-state index in [1.807, 2.05) is 49.4 Å². The van der Waals surface area contributed by atoms with Crippen molar-refractivity contribution in [2.24, 2.45) is 5.10 Å². The molecule has 4 rings (SSSR count). The van der Waals surface area contributed by atoms with Crippen molar-refractivity contribution < 1.29 is 4.74 Å². The third-order valence-electron chi connectivity index (χ3n) is 4.76. The van der Waals surface area contributed by atoms with Gasteiger partial charge in [-0.1, -0.05) is 64.3 Å². The Bertz CT molecular complexity index is 1390. The predicted molar refractivity (Wildman–Crippen MR) is 133 cm³/mol. The number of hydrogen-bond acceptors (Lipinski definition) is 4. The molecule has 0 spiro atoms. The number of aryl methyl sites for hydroxylation is 1. The van der Waals surface area contributed by atoms with Gasteiger partial charge in [-0.25, -0.2) is 4.98 Å². The van der Waals surface area contributed by atoms with Crippen molar-refractivity contribution in [2.45, 2.75) is 20.0 Å². The Morgan fingerprint density at radius 1 is 1.09 bits per heavy atom. The van der Waals surface area contributed by atoms with Crippen LogP contribution in [-0.4, -0.2) is 15.9 Å². The molecular weight excluding hydrogens is 513 g/mol. The zero-order valence-electron chi connectivity index (χ0n) is 17.1. The lowest BCUT2D eigenvalue weighted by Gasteiger charge is -2.09. The molecule has 0 amide bonds. The van der Waals surface area contributed by atoms with Gasteiger partial charge in [0.15, 0.2) is 0 Å². The fourth-order valence-corrected chi connectivity index (χ4v) is 3.83. The molecule has 32 heavy (non-hydrogen) atoms. The average molecular weight is 531 g/mol. The Kier molecular flexibility index (Phi) is 6.94. The van der Waals surface area contributed by atoms with Gasteiger partial charge in [-0.3, -0.25) is 4.79 Å². The molecule has 0 atom stereocenters. The second kappa shape index (κ2) is 9.86. The van der Waals surface area contributed by atoms with Gasteiger partial charge < -0.3 is 4.74 Å². The summed E-state index contributed by atoms with van der Waals surface area (Å²) in [5.74, 6) is 1.26. The number of hydrogen-bond donors (Lipinski definition) is 0. The van der Waals surface area contributed by atoms with Crippen molar-refractivity contribution in [1.29, 1.82) is 0 Å². The van der Waals surface area contributed by atoms with Gasteiger partial charge in [0.1, 0.15) is 18.2 Å². The average Bonchev–Trinajstić information content (AvgIpc) is 2.79. The van der Waals surface area contributed by atoms with E-state index in [-0.39, 0.29) is 5.56 Å². The minimum Gasteiger partial charge on any atom is -0.489 e. The first-order valence-electron chi connectivity index (χ1n) is 9.87. The molecule has 4 aromatic rings. The molecule has 8 heteroatoms. The summed E-state index contributed by atoms with van der Waals surface area (Å²) in [6, 6.07) is 18.3. The number of aromatic nitrogens is 2. The van der Waals surface area contributed by atoms with E-state index in [9.17, 15) is 4.79 Å². The minimum atomic E-state index is -0.212. The van der Waals surface area contributed by atoms with E-state index in [4.69, 9.17) is 27.9 Å². The van der Waals surface area contributed by atoms with E-state index in [1.165, 1.54) is 4.68 Å². The van der Waals surface area contributed by atoms with Crippen LogP contribution in [0.5, 0.6) is 5.75 Å². The molecule has 0 saturated heterocycles. The Hall–Kier alpha value is -2.67. The molecule has 0 aliphatic carbocycles. The standard InChI is InChI=1S/C24H18BrCl2N3O2/c1-2-23-29-22-9-7-17(25)12-19(22)24(31)30(23)28-13-15-4-3-5-18(10-15)32-14-16-6-8-20(26)21(27)11-16/h3-13H,2,14H2,1H3. The monoisotopic (exact) mass is 529 g/mol. The van der Waals surface area contributed by atoms with Gasteiger partial charge in [0, 0.05) is 10.9 Å². The molecule has 0 N–H and O–H groups in total. The Labute approximate surface area is 203 Å². The SMILES string of the molecule is CCc1nc2ccc(Br)cc2c(=O)n1N=Cc1cccc(OCc2ccc(Cl)c(Cl)c2)c1. The van der Waals surface area contributed by atoms with Crippen molar-refractivity contribution in [2.75, 3.05) is 0 Å². The Morgan fingerprint density at radius 2 is 1.94 bits per heavy atom. The number of nitrogens with zero attached hydrogens (tertiary/aromatic N) is 3. The highest BCUT2D eigenvalue weighted by Gasteiger charge is 2.09. The van der Waals surface area contributed by atoms with Crippen LogP contribution in [0.25, 0.3) is 10.9 Å². The largest absolute Gasteiger partial charge is 0.489 e. The highest BCUT2D eigenvalue weighted by molar-refractivity contribution is 9.10. The summed E-state index contributed by atoms with van der Waals surface area (Å²) in [7, 11) is 0. The highest BCUT2D eigenvalue weighted by Crippen LogP contribution is 2.23. The van der Waals surface area contributed by atoms with Gasteiger partial charge in [0.05, 0.1) is 27.2 Å². The highest BCUT2D eigenvalue weighted by atomic mass is 79.9. The number of fused-ring (bicyclic) bond motifs is 1. The van der Waals surface area contributed by atoms with Gasteiger partial charge in [0.2, 0.25) is 0 Å². The topological polar surface area (TPSA) is 56.5 Å². The molecule has 0 bridgehead atoms. The predicted octanol–water partition coefficient (Wildman–Crippen LogP) is 6.49. The first-order chi connectivity index (χ1) is 15.4. The van der Waals surface area contributed by atoms with Gasteiger partial charge in [-0.2, -0.15) is 9.78 Å². The lowest BCUT2D eigenvalue weighted by atomic mass is 10.2. The molecule has 1 heterocycles. The van der Waals surface area contributed by atoms with E-state index >= 15 is 0 Å². The van der Waals surface area contributed by atoms with Crippen LogP contribution in [0.2, 0.25) is 10.0 Å². The summed E-state index contributed by atoms with van der Waals surface area (Å²) in [4.78, 5) is 17.6. The Morgan fingerprint density at radius 3 is 2.72 bits per heavy atom. The second-order valence-electron chi connectivity index (χ2n) is 7.01. The van der Waals surface area contributed by atoms with Gasteiger partial charge in [0.25, 0.3) is 5.56 Å². The first-order valence-corrected chi connectivity index (χ1v) is 11.4. The van der Waals surface area contributed by atoms with E-state index in [0.29, 0.717) is 45.5 Å². The Balaban J connectivity index is 1.58. The lowest BCUT2D eigenvalue weighted by molar-refractivity contribution is 0.306. The fourth-order valence-electron chi connectivity index (χ4n) is 3.15. The van der Waals surface area contributed by atoms with Gasteiger partial charge in [-0.05, 0) is 53.6 Å². The maximum Gasteiger partial charge on any atom is 0.282 e. The summed E-state index contributed by atoms with van der Waals surface area (Å²) in [5.41, 5.74) is 2.14. The van der Waals surface area contributed by atoms with Crippen LogP contribution in [0, 0.1) is 0 Å². The lowest BCUT2D eigenvalue weighted by Crippen LogP contribution is -2.22. The summed E-state index contributed by atoms with van der Waals surface area (Å²) >= 11 is 15.4. The van der Waals surface area contributed by atoms with Crippen molar-refractivity contribution in [3.8, 4) is 5.75 Å². The zero-order valence-corrected chi connectivity index (χ0v) is 20.2. The molecule has 0 aliphatic rings. The van der Waals surface area contributed by atoms with Crippen LogP contribution in [0.1, 0.15) is 23.9 Å². The molecule has 0 saturated carbocycles. The molecule has 0 unspecified atom stereocenters. The van der Waals surface area contributed by atoms with E-state index in [0.717, 1.165) is 15.6 Å². The number of benzene rings is 3. The van der Waals surface area contributed by atoms with Crippen molar-refractivity contribution >= 4 is 56.2 Å². The molecule has 5 nitrogen and oxygen atoms in total. The van der Waals surface area contributed by atoms with Crippen LogP contribution in [-0.2, 0) is 13.0 Å². The molecular formula is C24H18BrCl2N3O2. The summed E-state index contributed by atoms with van der Waals surface area (Å²) in [5, 5.41) is 5.92. The summed E-state index contributed by atoms with van der Waals surface area (Å²) in [6.07, 6.45) is 2.20. The van der Waals surface area contributed by atoms with Crippen LogP contribution >= 0.6 is 39.1 Å².